The normalized spacial score (nSPS) is 10.5. The van der Waals surface area contributed by atoms with Crippen molar-refractivity contribution in [2.45, 2.75) is 13.8 Å². The van der Waals surface area contributed by atoms with Crippen LogP contribution in [0.1, 0.15) is 16.7 Å². The van der Waals surface area contributed by atoms with E-state index in [1.165, 1.54) is 4.57 Å². The number of nitriles is 1. The minimum atomic E-state index is -0.275. The molecule has 17 heavy (non-hydrogen) atoms. The standard InChI is InChI=1S/C13H11ClN2O/c1-7-9-4-5-11(14)8(2)12(9)16(3)13(17)10(7)6-15/h4-5H,1-3H3. The molecular weight excluding hydrogens is 236 g/mol. The van der Waals surface area contributed by atoms with E-state index in [-0.39, 0.29) is 11.1 Å². The molecule has 0 spiro atoms. The summed E-state index contributed by atoms with van der Waals surface area (Å²) in [6.07, 6.45) is 0. The Bertz CT molecular complexity index is 723. The predicted octanol–water partition coefficient (Wildman–Crippen LogP) is 2.68. The number of fused-ring (bicyclic) bond motifs is 1. The minimum absolute atomic E-state index is 0.196. The summed E-state index contributed by atoms with van der Waals surface area (Å²) in [5.74, 6) is 0. The summed E-state index contributed by atoms with van der Waals surface area (Å²) in [5.41, 5.74) is 2.28. The Hall–Kier alpha value is -1.79. The van der Waals surface area contributed by atoms with E-state index >= 15 is 0 Å². The fourth-order valence-electron chi connectivity index (χ4n) is 2.11. The lowest BCUT2D eigenvalue weighted by Gasteiger charge is -2.12. The van der Waals surface area contributed by atoms with Gasteiger partial charge < -0.3 is 4.57 Å². The van der Waals surface area contributed by atoms with Gasteiger partial charge in [0.15, 0.2) is 0 Å². The molecule has 0 aliphatic carbocycles. The van der Waals surface area contributed by atoms with Gasteiger partial charge in [0, 0.05) is 17.5 Å². The average Bonchev–Trinajstić information content (AvgIpc) is 2.30. The molecule has 0 fully saturated rings. The predicted molar refractivity (Wildman–Crippen MR) is 68.4 cm³/mol. The van der Waals surface area contributed by atoms with Gasteiger partial charge in [0.2, 0.25) is 0 Å². The van der Waals surface area contributed by atoms with Gasteiger partial charge in [-0.3, -0.25) is 4.79 Å². The molecule has 2 rings (SSSR count). The van der Waals surface area contributed by atoms with Crippen LogP contribution in [0.2, 0.25) is 5.02 Å². The van der Waals surface area contributed by atoms with Crippen molar-refractivity contribution in [2.75, 3.05) is 0 Å². The van der Waals surface area contributed by atoms with E-state index in [2.05, 4.69) is 0 Å². The monoisotopic (exact) mass is 246 g/mol. The Kier molecular flexibility index (Phi) is 2.68. The van der Waals surface area contributed by atoms with Crippen LogP contribution in [0.4, 0.5) is 0 Å². The summed E-state index contributed by atoms with van der Waals surface area (Å²) in [6.45, 7) is 3.66. The molecule has 3 nitrogen and oxygen atoms in total. The zero-order chi connectivity index (χ0) is 12.7. The highest BCUT2D eigenvalue weighted by Gasteiger charge is 2.14. The van der Waals surface area contributed by atoms with Gasteiger partial charge in [-0.1, -0.05) is 17.7 Å². The maximum atomic E-state index is 12.0. The first-order valence-electron chi connectivity index (χ1n) is 5.17. The number of rotatable bonds is 0. The van der Waals surface area contributed by atoms with Gasteiger partial charge in [-0.05, 0) is 31.0 Å². The molecule has 0 saturated heterocycles. The molecule has 0 unspecified atom stereocenters. The van der Waals surface area contributed by atoms with Crippen LogP contribution in [-0.2, 0) is 7.05 Å². The molecule has 1 aromatic carbocycles. The number of pyridine rings is 1. The molecule has 86 valence electrons. The highest BCUT2D eigenvalue weighted by molar-refractivity contribution is 6.32. The van der Waals surface area contributed by atoms with Crippen LogP contribution in [0.25, 0.3) is 10.9 Å². The highest BCUT2D eigenvalue weighted by atomic mass is 35.5. The van der Waals surface area contributed by atoms with Gasteiger partial charge in [0.05, 0.1) is 5.52 Å². The number of benzene rings is 1. The molecule has 1 aromatic heterocycles. The van der Waals surface area contributed by atoms with Crippen molar-refractivity contribution in [3.05, 3.63) is 44.2 Å². The third-order valence-corrected chi connectivity index (χ3v) is 3.52. The van der Waals surface area contributed by atoms with Crippen LogP contribution in [0.5, 0.6) is 0 Å². The maximum absolute atomic E-state index is 12.0. The van der Waals surface area contributed by atoms with Crippen molar-refractivity contribution in [1.82, 2.24) is 4.57 Å². The Balaban J connectivity index is 3.17. The summed E-state index contributed by atoms with van der Waals surface area (Å²) in [5, 5.41) is 10.5. The smallest absolute Gasteiger partial charge is 0.268 e. The molecule has 0 aliphatic heterocycles. The van der Waals surface area contributed by atoms with Crippen LogP contribution in [0.3, 0.4) is 0 Å². The van der Waals surface area contributed by atoms with Crippen LogP contribution in [0.15, 0.2) is 16.9 Å². The first-order chi connectivity index (χ1) is 7.99. The lowest BCUT2D eigenvalue weighted by Crippen LogP contribution is -2.22. The van der Waals surface area contributed by atoms with Gasteiger partial charge in [0.25, 0.3) is 5.56 Å². The van der Waals surface area contributed by atoms with Gasteiger partial charge in [-0.2, -0.15) is 5.26 Å². The van der Waals surface area contributed by atoms with Crippen molar-refractivity contribution in [3.8, 4) is 6.07 Å². The summed E-state index contributed by atoms with van der Waals surface area (Å²) in [4.78, 5) is 12.0. The Labute approximate surface area is 104 Å². The van der Waals surface area contributed by atoms with Crippen molar-refractivity contribution >= 4 is 22.5 Å². The number of halogens is 1. The van der Waals surface area contributed by atoms with E-state index < -0.39 is 0 Å². The van der Waals surface area contributed by atoms with E-state index in [0.717, 1.165) is 16.5 Å². The van der Waals surface area contributed by atoms with E-state index in [4.69, 9.17) is 16.9 Å². The van der Waals surface area contributed by atoms with Crippen LogP contribution in [-0.4, -0.2) is 4.57 Å². The summed E-state index contributed by atoms with van der Waals surface area (Å²) in [6, 6.07) is 5.60. The molecule has 0 saturated carbocycles. The third kappa shape index (κ3) is 1.53. The van der Waals surface area contributed by atoms with E-state index in [9.17, 15) is 4.79 Å². The fraction of sp³-hybridized carbons (Fsp3) is 0.231. The zero-order valence-electron chi connectivity index (χ0n) is 9.84. The molecule has 0 radical (unpaired) electrons. The second kappa shape index (κ2) is 3.90. The largest absolute Gasteiger partial charge is 0.310 e. The molecule has 0 amide bonds. The lowest BCUT2D eigenvalue weighted by molar-refractivity contribution is 0.893. The summed E-state index contributed by atoms with van der Waals surface area (Å²) >= 11 is 6.06. The number of hydrogen-bond donors (Lipinski definition) is 0. The molecular formula is C13H11ClN2O. The number of aromatic nitrogens is 1. The Morgan fingerprint density at radius 1 is 1.29 bits per heavy atom. The van der Waals surface area contributed by atoms with Crippen LogP contribution >= 0.6 is 11.6 Å². The van der Waals surface area contributed by atoms with Gasteiger partial charge in [-0.25, -0.2) is 0 Å². The molecule has 0 N–H and O–H groups in total. The Morgan fingerprint density at radius 2 is 1.94 bits per heavy atom. The fourth-order valence-corrected chi connectivity index (χ4v) is 2.26. The molecule has 0 atom stereocenters. The molecule has 4 heteroatoms. The number of hydrogen-bond acceptors (Lipinski definition) is 2. The van der Waals surface area contributed by atoms with Gasteiger partial charge in [-0.15, -0.1) is 0 Å². The van der Waals surface area contributed by atoms with Crippen LogP contribution < -0.4 is 5.56 Å². The first kappa shape index (κ1) is 11.7. The minimum Gasteiger partial charge on any atom is -0.310 e. The average molecular weight is 247 g/mol. The van der Waals surface area contributed by atoms with Crippen molar-refractivity contribution in [1.29, 1.82) is 5.26 Å². The zero-order valence-corrected chi connectivity index (χ0v) is 10.6. The van der Waals surface area contributed by atoms with Crippen molar-refractivity contribution in [2.24, 2.45) is 7.05 Å². The molecule has 0 aliphatic rings. The first-order valence-corrected chi connectivity index (χ1v) is 5.55. The number of aryl methyl sites for hydroxylation is 3. The topological polar surface area (TPSA) is 45.8 Å². The second-order valence-corrected chi connectivity index (χ2v) is 4.45. The SMILES string of the molecule is Cc1c(C#N)c(=O)n(C)c2c(C)c(Cl)ccc12. The number of nitrogens with zero attached hydrogens (tertiary/aromatic N) is 2. The molecule has 0 bridgehead atoms. The van der Waals surface area contributed by atoms with E-state index in [0.29, 0.717) is 10.6 Å². The quantitative estimate of drug-likeness (QED) is 0.717. The summed E-state index contributed by atoms with van der Waals surface area (Å²) in [7, 11) is 1.66. The van der Waals surface area contributed by atoms with Crippen molar-refractivity contribution in [3.63, 3.8) is 0 Å². The van der Waals surface area contributed by atoms with Crippen LogP contribution in [0, 0.1) is 25.2 Å². The molecule has 2 aromatic rings. The summed E-state index contributed by atoms with van der Waals surface area (Å²) < 4.78 is 1.49. The second-order valence-electron chi connectivity index (χ2n) is 4.04. The van der Waals surface area contributed by atoms with Gasteiger partial charge in [0.1, 0.15) is 11.6 Å². The Morgan fingerprint density at radius 3 is 2.53 bits per heavy atom. The van der Waals surface area contributed by atoms with Gasteiger partial charge >= 0.3 is 0 Å². The van der Waals surface area contributed by atoms with E-state index in [1.54, 1.807) is 20.0 Å². The maximum Gasteiger partial charge on any atom is 0.268 e. The highest BCUT2D eigenvalue weighted by Crippen LogP contribution is 2.26. The lowest BCUT2D eigenvalue weighted by atomic mass is 10.0. The van der Waals surface area contributed by atoms with Crippen molar-refractivity contribution < 1.29 is 0 Å². The third-order valence-electron chi connectivity index (χ3n) is 3.11. The molecule has 1 heterocycles. The van der Waals surface area contributed by atoms with E-state index in [1.807, 2.05) is 19.1 Å².